The van der Waals surface area contributed by atoms with Gasteiger partial charge in [0, 0.05) is 25.7 Å². The van der Waals surface area contributed by atoms with Crippen molar-refractivity contribution < 1.29 is 27.5 Å². The lowest BCUT2D eigenvalue weighted by molar-refractivity contribution is 0.0813. The van der Waals surface area contributed by atoms with Crippen LogP contribution in [0.1, 0.15) is 34.9 Å². The molecule has 1 aromatic carbocycles. The summed E-state index contributed by atoms with van der Waals surface area (Å²) in [6.07, 6.45) is 3.24. The Morgan fingerprint density at radius 1 is 1.05 bits per heavy atom. The molecule has 1 fully saturated rings. The zero-order valence-electron chi connectivity index (χ0n) is 20.2. The molecule has 4 aromatic rings. The summed E-state index contributed by atoms with van der Waals surface area (Å²) in [5.74, 6) is -3.64. The van der Waals surface area contributed by atoms with E-state index in [2.05, 4.69) is 25.6 Å². The number of amides is 2. The number of hydrogen-bond acceptors (Lipinski definition) is 7. The van der Waals surface area contributed by atoms with Crippen LogP contribution < -0.4 is 5.32 Å². The highest BCUT2D eigenvalue weighted by Crippen LogP contribution is 2.29. The highest BCUT2D eigenvalue weighted by atomic mass is 19.2. The van der Waals surface area contributed by atoms with E-state index >= 15 is 0 Å². The van der Waals surface area contributed by atoms with Gasteiger partial charge in [0.15, 0.2) is 11.6 Å². The predicted molar refractivity (Wildman–Crippen MR) is 128 cm³/mol. The Morgan fingerprint density at radius 3 is 2.55 bits per heavy atom. The number of fused-ring (bicyclic) bond motifs is 1. The number of aromatic nitrogens is 5. The molecule has 38 heavy (non-hydrogen) atoms. The summed E-state index contributed by atoms with van der Waals surface area (Å²) in [6, 6.07) is 6.64. The molecular formula is C25H22F3N7O3. The van der Waals surface area contributed by atoms with Crippen molar-refractivity contribution in [3.05, 3.63) is 71.4 Å². The molecule has 0 bridgehead atoms. The van der Waals surface area contributed by atoms with Gasteiger partial charge in [-0.25, -0.2) is 22.6 Å². The molecule has 0 atom stereocenters. The maximum Gasteiger partial charge on any atom is 0.410 e. The quantitative estimate of drug-likeness (QED) is 0.423. The molecule has 4 heterocycles. The number of pyridine rings is 2. The lowest BCUT2D eigenvalue weighted by Gasteiger charge is -2.31. The van der Waals surface area contributed by atoms with E-state index in [4.69, 9.17) is 4.74 Å². The summed E-state index contributed by atoms with van der Waals surface area (Å²) in [7, 11) is 1.33. The molecule has 0 saturated carbocycles. The van der Waals surface area contributed by atoms with Crippen molar-refractivity contribution >= 4 is 23.0 Å². The lowest BCUT2D eigenvalue weighted by Crippen LogP contribution is -2.39. The Kier molecular flexibility index (Phi) is 6.90. The highest BCUT2D eigenvalue weighted by Gasteiger charge is 2.27. The van der Waals surface area contributed by atoms with Gasteiger partial charge >= 0.3 is 6.09 Å². The Bertz CT molecular complexity index is 1500. The molecule has 13 heteroatoms. The van der Waals surface area contributed by atoms with Crippen LogP contribution in [-0.2, 0) is 11.3 Å². The van der Waals surface area contributed by atoms with Gasteiger partial charge in [0.1, 0.15) is 23.5 Å². The van der Waals surface area contributed by atoms with Crippen LogP contribution in [0.25, 0.3) is 22.3 Å². The first-order valence-electron chi connectivity index (χ1n) is 11.8. The highest BCUT2D eigenvalue weighted by molar-refractivity contribution is 5.95. The molecule has 10 nitrogen and oxygen atoms in total. The Labute approximate surface area is 214 Å². The number of likely N-dealkylation sites (tertiary alicyclic amines) is 1. The third-order valence-electron chi connectivity index (χ3n) is 6.39. The van der Waals surface area contributed by atoms with Crippen molar-refractivity contribution in [2.45, 2.75) is 25.5 Å². The van der Waals surface area contributed by atoms with Crippen molar-refractivity contribution in [1.82, 2.24) is 35.2 Å². The molecule has 1 aliphatic rings. The normalized spacial score (nSPS) is 14.1. The second-order valence-corrected chi connectivity index (χ2v) is 8.70. The average molecular weight is 525 g/mol. The van der Waals surface area contributed by atoms with Crippen LogP contribution >= 0.6 is 0 Å². The van der Waals surface area contributed by atoms with Crippen molar-refractivity contribution in [1.29, 1.82) is 0 Å². The van der Waals surface area contributed by atoms with Crippen LogP contribution in [0.15, 0.2) is 42.7 Å². The summed E-state index contributed by atoms with van der Waals surface area (Å²) < 4.78 is 49.1. The van der Waals surface area contributed by atoms with Crippen LogP contribution in [0.3, 0.4) is 0 Å². The van der Waals surface area contributed by atoms with Gasteiger partial charge in [-0.3, -0.25) is 14.8 Å². The first-order valence-corrected chi connectivity index (χ1v) is 11.8. The molecule has 0 radical (unpaired) electrons. The number of ether oxygens (including phenoxy) is 1. The minimum atomic E-state index is -1.26. The summed E-state index contributed by atoms with van der Waals surface area (Å²) >= 11 is 0. The summed E-state index contributed by atoms with van der Waals surface area (Å²) in [4.78, 5) is 33.9. The molecule has 1 saturated heterocycles. The first-order chi connectivity index (χ1) is 18.4. The third kappa shape index (κ3) is 4.86. The molecule has 196 valence electrons. The van der Waals surface area contributed by atoms with Crippen LogP contribution in [0, 0.1) is 17.5 Å². The van der Waals surface area contributed by atoms with Crippen LogP contribution in [0.4, 0.5) is 18.0 Å². The van der Waals surface area contributed by atoms with Crippen LogP contribution in [0.5, 0.6) is 0 Å². The number of piperidine rings is 1. The lowest BCUT2D eigenvalue weighted by atomic mass is 10.0. The van der Waals surface area contributed by atoms with Crippen molar-refractivity contribution in [2.24, 2.45) is 0 Å². The zero-order valence-corrected chi connectivity index (χ0v) is 20.2. The number of nitrogens with zero attached hydrogens (tertiary/aromatic N) is 6. The Balaban J connectivity index is 1.25. The largest absolute Gasteiger partial charge is 0.443 e. The fraction of sp³-hybridized carbons (Fsp3) is 0.280. The smallest absolute Gasteiger partial charge is 0.410 e. The van der Waals surface area contributed by atoms with Crippen molar-refractivity contribution in [3.8, 4) is 11.3 Å². The minimum absolute atomic E-state index is 0.0558. The number of carbonyl (C=O) groups is 2. The summed E-state index contributed by atoms with van der Waals surface area (Å²) in [6.45, 7) is 0.796. The Morgan fingerprint density at radius 2 is 1.84 bits per heavy atom. The van der Waals surface area contributed by atoms with E-state index in [0.717, 1.165) is 6.20 Å². The number of benzene rings is 1. The topological polar surface area (TPSA) is 115 Å². The maximum absolute atomic E-state index is 14.7. The maximum atomic E-state index is 14.7. The molecule has 0 unspecified atom stereocenters. The number of rotatable bonds is 5. The van der Waals surface area contributed by atoms with E-state index in [0.29, 0.717) is 42.7 Å². The average Bonchev–Trinajstić information content (AvgIpc) is 3.37. The Hall–Kier alpha value is -4.55. The van der Waals surface area contributed by atoms with Gasteiger partial charge in [-0.1, -0.05) is 5.21 Å². The minimum Gasteiger partial charge on any atom is -0.443 e. The van der Waals surface area contributed by atoms with Crippen LogP contribution in [0.2, 0.25) is 0 Å². The molecule has 1 aliphatic heterocycles. The molecule has 5 rings (SSSR count). The number of halogens is 3. The third-order valence-corrected chi connectivity index (χ3v) is 6.39. The van der Waals surface area contributed by atoms with E-state index in [1.165, 1.54) is 43.6 Å². The van der Waals surface area contributed by atoms with E-state index in [1.54, 1.807) is 9.58 Å². The summed E-state index contributed by atoms with van der Waals surface area (Å²) in [5, 5.41) is 10.7. The standard InChI is InChI=1S/C25H22F3N7O3/c1-29-24(36)18-5-4-17(22(27)23(18)28)19-10-20-21(12-31-19)35(33-32-20)16-6-8-34(9-7-16)25(37)38-13-15-3-2-14(26)11-30-15/h2-5,10-12,16H,6-9,13H2,1H3,(H,29,36). The van der Waals surface area contributed by atoms with Gasteiger partial charge in [-0.15, -0.1) is 5.10 Å². The van der Waals surface area contributed by atoms with Gasteiger partial charge in [0.05, 0.1) is 35.4 Å². The molecule has 2 amide bonds. The number of carbonyl (C=O) groups excluding carboxylic acids is 2. The fourth-order valence-corrected chi connectivity index (χ4v) is 4.32. The predicted octanol–water partition coefficient (Wildman–Crippen LogP) is 3.64. The molecule has 1 N–H and O–H groups in total. The first kappa shape index (κ1) is 25.1. The fourth-order valence-electron chi connectivity index (χ4n) is 4.32. The molecule has 0 aliphatic carbocycles. The number of nitrogens with one attached hydrogen (secondary N) is 1. The molecular weight excluding hydrogens is 503 g/mol. The van der Waals surface area contributed by atoms with Gasteiger partial charge in [-0.2, -0.15) is 0 Å². The monoisotopic (exact) mass is 525 g/mol. The van der Waals surface area contributed by atoms with E-state index in [1.807, 2.05) is 0 Å². The van der Waals surface area contributed by atoms with Crippen molar-refractivity contribution in [3.63, 3.8) is 0 Å². The second-order valence-electron chi connectivity index (χ2n) is 8.70. The van der Waals surface area contributed by atoms with E-state index in [-0.39, 0.29) is 23.9 Å². The zero-order chi connectivity index (χ0) is 26.8. The van der Waals surface area contributed by atoms with Crippen molar-refractivity contribution in [2.75, 3.05) is 20.1 Å². The SMILES string of the molecule is CNC(=O)c1ccc(-c2cc3nnn(C4CCN(C(=O)OCc5ccc(F)cn5)CC4)c3cn2)c(F)c1F. The van der Waals surface area contributed by atoms with E-state index in [9.17, 15) is 22.8 Å². The van der Waals surface area contributed by atoms with Gasteiger partial charge in [-0.05, 0) is 43.2 Å². The number of hydrogen-bond donors (Lipinski definition) is 1. The van der Waals surface area contributed by atoms with Gasteiger partial charge in [0.25, 0.3) is 5.91 Å². The summed E-state index contributed by atoms with van der Waals surface area (Å²) in [5.41, 5.74) is 1.15. The van der Waals surface area contributed by atoms with Crippen LogP contribution in [-0.4, -0.2) is 62.0 Å². The second kappa shape index (κ2) is 10.4. The molecule has 0 spiro atoms. The van der Waals surface area contributed by atoms with Gasteiger partial charge in [0.2, 0.25) is 0 Å². The van der Waals surface area contributed by atoms with E-state index < -0.39 is 35.0 Å². The molecule has 3 aromatic heterocycles. The van der Waals surface area contributed by atoms with Gasteiger partial charge < -0.3 is 15.0 Å².